The van der Waals surface area contributed by atoms with Crippen LogP contribution >= 0.6 is 15.9 Å². The molecule has 0 bridgehead atoms. The van der Waals surface area contributed by atoms with E-state index in [9.17, 15) is 0 Å². The number of halogens is 1. The Morgan fingerprint density at radius 2 is 1.94 bits per heavy atom. The van der Waals surface area contributed by atoms with Crippen LogP contribution in [-0.4, -0.2) is 15.0 Å². The van der Waals surface area contributed by atoms with Gasteiger partial charge in [0.25, 0.3) is 0 Å². The van der Waals surface area contributed by atoms with Gasteiger partial charge in [-0.25, -0.2) is 0 Å². The van der Waals surface area contributed by atoms with Gasteiger partial charge in [0.1, 0.15) is 0 Å². The summed E-state index contributed by atoms with van der Waals surface area (Å²) in [5.41, 5.74) is 2.47. The van der Waals surface area contributed by atoms with E-state index in [0.717, 1.165) is 11.9 Å². The summed E-state index contributed by atoms with van der Waals surface area (Å²) in [4.78, 5) is 0.433. The third kappa shape index (κ3) is 2.83. The van der Waals surface area contributed by atoms with Crippen molar-refractivity contribution in [3.05, 3.63) is 36.0 Å². The molecule has 1 heterocycles. The summed E-state index contributed by atoms with van der Waals surface area (Å²) in [5, 5.41) is 9.43. The fourth-order valence-corrected chi connectivity index (χ4v) is 2.07. The second-order valence-corrected chi connectivity index (χ2v) is 6.53. The molecule has 0 aliphatic carbocycles. The first-order valence-corrected chi connectivity index (χ1v) is 6.73. The Morgan fingerprint density at radius 3 is 2.65 bits per heavy atom. The number of hydrogen-bond acceptors (Lipinski definition) is 2. The fourth-order valence-electron chi connectivity index (χ4n) is 1.72. The highest BCUT2D eigenvalue weighted by atomic mass is 79.9. The average Bonchev–Trinajstić information content (AvgIpc) is 2.28. The van der Waals surface area contributed by atoms with Crippen molar-refractivity contribution >= 4 is 26.8 Å². The highest BCUT2D eigenvalue weighted by Crippen LogP contribution is 2.30. The molecule has 0 radical (unpaired) electrons. The van der Waals surface area contributed by atoms with Gasteiger partial charge in [-0.15, -0.1) is 0 Å². The minimum atomic E-state index is 0.240. The molecule has 1 atom stereocenters. The maximum absolute atomic E-state index is 4.15. The average molecular weight is 293 g/mol. The summed E-state index contributed by atoms with van der Waals surface area (Å²) < 4.78 is 0. The second kappa shape index (κ2) is 4.73. The molecular weight excluding hydrogens is 276 g/mol. The van der Waals surface area contributed by atoms with Gasteiger partial charge in [0.05, 0.1) is 11.7 Å². The van der Waals surface area contributed by atoms with E-state index in [2.05, 4.69) is 53.0 Å². The molecule has 2 rings (SSSR count). The normalized spacial score (nSPS) is 13.9. The van der Waals surface area contributed by atoms with Gasteiger partial charge < -0.3 is 0 Å². The van der Waals surface area contributed by atoms with E-state index in [1.54, 1.807) is 0 Å². The molecule has 0 aliphatic heterocycles. The molecule has 0 amide bonds. The van der Waals surface area contributed by atoms with E-state index in [4.69, 9.17) is 0 Å². The summed E-state index contributed by atoms with van der Waals surface area (Å²) >= 11 is 3.77. The van der Waals surface area contributed by atoms with Crippen LogP contribution in [0.5, 0.6) is 0 Å². The van der Waals surface area contributed by atoms with E-state index < -0.39 is 0 Å². The minimum absolute atomic E-state index is 0.240. The SMILES string of the molecule is CC(C)(C)C(Br)Cc1cnnc2ccccc12. The van der Waals surface area contributed by atoms with Crippen LogP contribution in [0.1, 0.15) is 26.3 Å². The summed E-state index contributed by atoms with van der Waals surface area (Å²) in [6, 6.07) is 8.16. The first-order valence-electron chi connectivity index (χ1n) is 5.82. The maximum Gasteiger partial charge on any atom is 0.0932 e. The van der Waals surface area contributed by atoms with Gasteiger partial charge in [-0.1, -0.05) is 54.9 Å². The van der Waals surface area contributed by atoms with E-state index in [1.807, 2.05) is 24.4 Å². The van der Waals surface area contributed by atoms with Crippen molar-refractivity contribution in [1.29, 1.82) is 0 Å². The number of aromatic nitrogens is 2. The van der Waals surface area contributed by atoms with Gasteiger partial charge in [-0.2, -0.15) is 10.2 Å². The smallest absolute Gasteiger partial charge is 0.0932 e. The monoisotopic (exact) mass is 292 g/mol. The van der Waals surface area contributed by atoms with Crippen molar-refractivity contribution in [2.75, 3.05) is 0 Å². The molecule has 0 saturated carbocycles. The van der Waals surface area contributed by atoms with Crippen LogP contribution in [0.2, 0.25) is 0 Å². The molecule has 0 aliphatic rings. The molecule has 17 heavy (non-hydrogen) atoms. The van der Waals surface area contributed by atoms with Crippen LogP contribution in [0.4, 0.5) is 0 Å². The lowest BCUT2D eigenvalue weighted by Crippen LogP contribution is -2.22. The van der Waals surface area contributed by atoms with Crippen LogP contribution in [0.3, 0.4) is 0 Å². The summed E-state index contributed by atoms with van der Waals surface area (Å²) in [6.45, 7) is 6.72. The van der Waals surface area contributed by atoms with E-state index in [-0.39, 0.29) is 5.41 Å². The van der Waals surface area contributed by atoms with E-state index >= 15 is 0 Å². The molecular formula is C14H17BrN2. The molecule has 0 saturated heterocycles. The fraction of sp³-hybridized carbons (Fsp3) is 0.429. The highest BCUT2D eigenvalue weighted by molar-refractivity contribution is 9.09. The van der Waals surface area contributed by atoms with Crippen LogP contribution in [0.15, 0.2) is 30.5 Å². The Balaban J connectivity index is 2.36. The summed E-state index contributed by atoms with van der Waals surface area (Å²) in [6.07, 6.45) is 2.85. The zero-order valence-corrected chi connectivity index (χ0v) is 12.0. The molecule has 1 aromatic carbocycles. The van der Waals surface area contributed by atoms with Crippen LogP contribution in [0, 0.1) is 5.41 Å². The Morgan fingerprint density at radius 1 is 1.24 bits per heavy atom. The summed E-state index contributed by atoms with van der Waals surface area (Å²) in [5.74, 6) is 0. The molecule has 1 aromatic heterocycles. The third-order valence-corrected chi connectivity index (χ3v) is 4.67. The molecule has 90 valence electrons. The topological polar surface area (TPSA) is 25.8 Å². The molecule has 0 N–H and O–H groups in total. The van der Waals surface area contributed by atoms with Crippen LogP contribution in [-0.2, 0) is 6.42 Å². The first-order chi connectivity index (χ1) is 7.98. The quantitative estimate of drug-likeness (QED) is 0.783. The van der Waals surface area contributed by atoms with Gasteiger partial charge in [-0.05, 0) is 23.5 Å². The highest BCUT2D eigenvalue weighted by Gasteiger charge is 2.22. The molecule has 2 nitrogen and oxygen atoms in total. The zero-order chi connectivity index (χ0) is 12.5. The van der Waals surface area contributed by atoms with Crippen molar-refractivity contribution < 1.29 is 0 Å². The number of hydrogen-bond donors (Lipinski definition) is 0. The molecule has 1 unspecified atom stereocenters. The number of nitrogens with zero attached hydrogens (tertiary/aromatic N) is 2. The molecule has 0 spiro atoms. The number of benzene rings is 1. The molecule has 2 aromatic rings. The van der Waals surface area contributed by atoms with Crippen LogP contribution in [0.25, 0.3) is 10.9 Å². The van der Waals surface area contributed by atoms with E-state index in [0.29, 0.717) is 4.83 Å². The standard InChI is InChI=1S/C14H17BrN2/c1-14(2,3)13(15)8-10-9-16-17-12-7-5-4-6-11(10)12/h4-7,9,13H,8H2,1-3H3. The molecule has 0 fully saturated rings. The van der Waals surface area contributed by atoms with E-state index in [1.165, 1.54) is 10.9 Å². The van der Waals surface area contributed by atoms with Gasteiger partial charge in [-0.3, -0.25) is 0 Å². The predicted molar refractivity (Wildman–Crippen MR) is 75.4 cm³/mol. The Kier molecular flexibility index (Phi) is 3.48. The second-order valence-electron chi connectivity index (χ2n) is 5.42. The van der Waals surface area contributed by atoms with Crippen molar-refractivity contribution in [2.45, 2.75) is 32.0 Å². The summed E-state index contributed by atoms with van der Waals surface area (Å²) in [7, 11) is 0. The van der Waals surface area contributed by atoms with Gasteiger partial charge >= 0.3 is 0 Å². The van der Waals surface area contributed by atoms with Gasteiger partial charge in [0.2, 0.25) is 0 Å². The third-order valence-electron chi connectivity index (χ3n) is 2.97. The van der Waals surface area contributed by atoms with Gasteiger partial charge in [0.15, 0.2) is 0 Å². The number of alkyl halides is 1. The molecule has 3 heteroatoms. The predicted octanol–water partition coefficient (Wildman–Crippen LogP) is 3.98. The zero-order valence-electron chi connectivity index (χ0n) is 10.4. The Bertz CT molecular complexity index is 512. The lowest BCUT2D eigenvalue weighted by atomic mass is 9.88. The first kappa shape index (κ1) is 12.5. The minimum Gasteiger partial charge on any atom is -0.158 e. The van der Waals surface area contributed by atoms with Crippen molar-refractivity contribution in [3.63, 3.8) is 0 Å². The van der Waals surface area contributed by atoms with Crippen molar-refractivity contribution in [3.8, 4) is 0 Å². The number of fused-ring (bicyclic) bond motifs is 1. The van der Waals surface area contributed by atoms with Gasteiger partial charge in [0, 0.05) is 10.2 Å². The van der Waals surface area contributed by atoms with Crippen molar-refractivity contribution in [2.24, 2.45) is 5.41 Å². The maximum atomic E-state index is 4.15. The Labute approximate surface area is 111 Å². The lowest BCUT2D eigenvalue weighted by molar-refractivity contribution is 0.398. The van der Waals surface area contributed by atoms with Crippen LogP contribution < -0.4 is 0 Å². The Hall–Kier alpha value is -0.960. The number of rotatable bonds is 2. The lowest BCUT2D eigenvalue weighted by Gasteiger charge is -2.25. The largest absolute Gasteiger partial charge is 0.158 e. The van der Waals surface area contributed by atoms with Crippen molar-refractivity contribution in [1.82, 2.24) is 10.2 Å².